The summed E-state index contributed by atoms with van der Waals surface area (Å²) in [4.78, 5) is 10.1. The maximum Gasteiger partial charge on any atom is 0.269 e. The Hall–Kier alpha value is -2.87. The Labute approximate surface area is 109 Å². The van der Waals surface area contributed by atoms with Gasteiger partial charge < -0.3 is 4.74 Å². The molecule has 2 aromatic carbocycles. The Morgan fingerprint density at radius 1 is 1.21 bits per heavy atom. The molecular formula is C14H10N2O3. The normalized spacial score (nSPS) is 9.63. The lowest BCUT2D eigenvalue weighted by Crippen LogP contribution is -1.96. The van der Waals surface area contributed by atoms with E-state index >= 15 is 0 Å². The van der Waals surface area contributed by atoms with E-state index in [0.29, 0.717) is 17.9 Å². The van der Waals surface area contributed by atoms with Gasteiger partial charge in [-0.3, -0.25) is 10.1 Å². The van der Waals surface area contributed by atoms with Gasteiger partial charge in [-0.25, -0.2) is 0 Å². The van der Waals surface area contributed by atoms with Crippen LogP contribution in [0.15, 0.2) is 48.5 Å². The first-order chi connectivity index (χ1) is 9.19. The van der Waals surface area contributed by atoms with Crippen LogP contribution in [0, 0.1) is 21.4 Å². The minimum atomic E-state index is -0.443. The fourth-order valence-corrected chi connectivity index (χ4v) is 1.54. The van der Waals surface area contributed by atoms with Crippen molar-refractivity contribution in [3.8, 4) is 11.8 Å². The summed E-state index contributed by atoms with van der Waals surface area (Å²) in [6.45, 7) is 0.298. The van der Waals surface area contributed by atoms with Crippen LogP contribution in [0.2, 0.25) is 0 Å². The largest absolute Gasteiger partial charge is 0.489 e. The van der Waals surface area contributed by atoms with E-state index in [1.165, 1.54) is 12.1 Å². The van der Waals surface area contributed by atoms with Crippen molar-refractivity contribution >= 4 is 5.69 Å². The van der Waals surface area contributed by atoms with Gasteiger partial charge in [0.25, 0.3) is 5.69 Å². The van der Waals surface area contributed by atoms with Crippen LogP contribution in [0.3, 0.4) is 0 Å². The second-order valence-electron chi connectivity index (χ2n) is 3.85. The van der Waals surface area contributed by atoms with Gasteiger partial charge in [-0.2, -0.15) is 5.26 Å². The quantitative estimate of drug-likeness (QED) is 0.620. The molecule has 0 saturated carbocycles. The molecule has 0 N–H and O–H groups in total. The Bertz CT molecular complexity index is 630. The highest BCUT2D eigenvalue weighted by molar-refractivity contribution is 5.37. The first kappa shape index (κ1) is 12.6. The lowest BCUT2D eigenvalue weighted by molar-refractivity contribution is -0.384. The monoisotopic (exact) mass is 254 g/mol. The molecule has 0 spiro atoms. The minimum Gasteiger partial charge on any atom is -0.489 e. The predicted octanol–water partition coefficient (Wildman–Crippen LogP) is 3.05. The zero-order chi connectivity index (χ0) is 13.7. The summed E-state index contributed by atoms with van der Waals surface area (Å²) in [5.41, 5.74) is 1.41. The third-order valence-corrected chi connectivity index (χ3v) is 2.52. The number of benzene rings is 2. The van der Waals surface area contributed by atoms with Gasteiger partial charge in [0, 0.05) is 12.1 Å². The van der Waals surface area contributed by atoms with Crippen molar-refractivity contribution < 1.29 is 9.66 Å². The van der Waals surface area contributed by atoms with Crippen molar-refractivity contribution in [2.24, 2.45) is 0 Å². The number of nitro groups is 1. The number of hydrogen-bond donors (Lipinski definition) is 0. The van der Waals surface area contributed by atoms with Crippen LogP contribution in [0.25, 0.3) is 0 Å². The van der Waals surface area contributed by atoms with E-state index in [0.717, 1.165) is 5.56 Å². The second kappa shape index (κ2) is 5.65. The SMILES string of the molecule is N#Cc1cccc(OCc2ccc([N+](=O)[O-])cc2)c1. The molecule has 94 valence electrons. The number of nitro benzene ring substituents is 1. The molecule has 0 unspecified atom stereocenters. The summed E-state index contributed by atoms with van der Waals surface area (Å²) in [6, 6.07) is 15.0. The van der Waals surface area contributed by atoms with E-state index in [1.807, 2.05) is 6.07 Å². The van der Waals surface area contributed by atoms with Crippen molar-refractivity contribution in [3.05, 3.63) is 69.8 Å². The van der Waals surface area contributed by atoms with Gasteiger partial charge in [0.15, 0.2) is 0 Å². The average molecular weight is 254 g/mol. The predicted molar refractivity (Wildman–Crippen MR) is 68.6 cm³/mol. The van der Waals surface area contributed by atoms with Gasteiger partial charge in [-0.1, -0.05) is 6.07 Å². The molecule has 2 rings (SSSR count). The topological polar surface area (TPSA) is 76.2 Å². The molecule has 0 bridgehead atoms. The molecule has 0 aliphatic carbocycles. The molecule has 5 nitrogen and oxygen atoms in total. The van der Waals surface area contributed by atoms with Gasteiger partial charge in [0.1, 0.15) is 12.4 Å². The number of nitrogens with zero attached hydrogens (tertiary/aromatic N) is 2. The van der Waals surface area contributed by atoms with Crippen LogP contribution in [0.4, 0.5) is 5.69 Å². The summed E-state index contributed by atoms with van der Waals surface area (Å²) in [5.74, 6) is 0.595. The fraction of sp³-hybridized carbons (Fsp3) is 0.0714. The van der Waals surface area contributed by atoms with E-state index in [4.69, 9.17) is 10.00 Å². The Morgan fingerprint density at radius 3 is 2.58 bits per heavy atom. The molecule has 0 radical (unpaired) electrons. The van der Waals surface area contributed by atoms with Crippen LogP contribution in [-0.2, 0) is 6.61 Å². The third-order valence-electron chi connectivity index (χ3n) is 2.52. The molecule has 0 saturated heterocycles. The van der Waals surface area contributed by atoms with E-state index in [2.05, 4.69) is 0 Å². The van der Waals surface area contributed by atoms with Crippen LogP contribution >= 0.6 is 0 Å². The van der Waals surface area contributed by atoms with Crippen LogP contribution in [0.5, 0.6) is 5.75 Å². The van der Waals surface area contributed by atoms with Crippen molar-refractivity contribution in [2.75, 3.05) is 0 Å². The molecule has 0 heterocycles. The first-order valence-corrected chi connectivity index (χ1v) is 5.55. The average Bonchev–Trinajstić information content (AvgIpc) is 2.46. The fourth-order valence-electron chi connectivity index (χ4n) is 1.54. The Morgan fingerprint density at radius 2 is 1.95 bits per heavy atom. The number of hydrogen-bond acceptors (Lipinski definition) is 4. The zero-order valence-electron chi connectivity index (χ0n) is 9.95. The standard InChI is InChI=1S/C14H10N2O3/c15-9-12-2-1-3-14(8-12)19-10-11-4-6-13(7-5-11)16(17)18/h1-8H,10H2. The van der Waals surface area contributed by atoms with Crippen molar-refractivity contribution in [3.63, 3.8) is 0 Å². The van der Waals surface area contributed by atoms with Crippen molar-refractivity contribution in [2.45, 2.75) is 6.61 Å². The number of nitriles is 1. The zero-order valence-corrected chi connectivity index (χ0v) is 9.95. The van der Waals surface area contributed by atoms with Crippen LogP contribution in [0.1, 0.15) is 11.1 Å². The lowest BCUT2D eigenvalue weighted by Gasteiger charge is -2.06. The van der Waals surface area contributed by atoms with Gasteiger partial charge >= 0.3 is 0 Å². The van der Waals surface area contributed by atoms with Crippen molar-refractivity contribution in [1.82, 2.24) is 0 Å². The maximum atomic E-state index is 10.5. The minimum absolute atomic E-state index is 0.0511. The Balaban J connectivity index is 2.02. The maximum absolute atomic E-state index is 10.5. The molecular weight excluding hydrogens is 244 g/mol. The van der Waals surface area contributed by atoms with Gasteiger partial charge in [0.05, 0.1) is 16.6 Å². The number of non-ortho nitro benzene ring substituents is 1. The van der Waals surface area contributed by atoms with Crippen LogP contribution < -0.4 is 4.74 Å². The van der Waals surface area contributed by atoms with Gasteiger partial charge in [0.2, 0.25) is 0 Å². The highest BCUT2D eigenvalue weighted by Gasteiger charge is 2.04. The molecule has 0 atom stereocenters. The van der Waals surface area contributed by atoms with Gasteiger partial charge in [-0.15, -0.1) is 0 Å². The summed E-state index contributed by atoms with van der Waals surface area (Å²) >= 11 is 0. The van der Waals surface area contributed by atoms with Crippen LogP contribution in [-0.4, -0.2) is 4.92 Å². The lowest BCUT2D eigenvalue weighted by atomic mass is 10.2. The molecule has 0 aliphatic rings. The molecule has 0 amide bonds. The van der Waals surface area contributed by atoms with E-state index in [9.17, 15) is 10.1 Å². The molecule has 19 heavy (non-hydrogen) atoms. The summed E-state index contributed by atoms with van der Waals surface area (Å²) < 4.78 is 5.51. The number of rotatable bonds is 4. The molecule has 2 aromatic rings. The summed E-state index contributed by atoms with van der Waals surface area (Å²) in [7, 11) is 0. The van der Waals surface area contributed by atoms with E-state index in [1.54, 1.807) is 36.4 Å². The Kier molecular flexibility index (Phi) is 3.74. The second-order valence-corrected chi connectivity index (χ2v) is 3.85. The molecule has 0 aromatic heterocycles. The van der Waals surface area contributed by atoms with Gasteiger partial charge in [-0.05, 0) is 35.9 Å². The number of ether oxygens (including phenoxy) is 1. The highest BCUT2D eigenvalue weighted by Crippen LogP contribution is 2.16. The summed E-state index contributed by atoms with van der Waals surface area (Å²) in [5, 5.41) is 19.3. The molecule has 0 fully saturated rings. The van der Waals surface area contributed by atoms with E-state index in [-0.39, 0.29) is 5.69 Å². The first-order valence-electron chi connectivity index (χ1n) is 5.55. The smallest absolute Gasteiger partial charge is 0.269 e. The van der Waals surface area contributed by atoms with E-state index < -0.39 is 4.92 Å². The summed E-state index contributed by atoms with van der Waals surface area (Å²) in [6.07, 6.45) is 0. The van der Waals surface area contributed by atoms with Crippen molar-refractivity contribution in [1.29, 1.82) is 5.26 Å². The third kappa shape index (κ3) is 3.30. The molecule has 0 aliphatic heterocycles. The molecule has 5 heteroatoms. The highest BCUT2D eigenvalue weighted by atomic mass is 16.6.